The average Bonchev–Trinajstić information content (AvgIpc) is 2.86. The third-order valence-electron chi connectivity index (χ3n) is 6.21. The first-order valence-corrected chi connectivity index (χ1v) is 10.9. The Bertz CT molecular complexity index is 1350. The van der Waals surface area contributed by atoms with Gasteiger partial charge in [-0.3, -0.25) is 19.0 Å². The van der Waals surface area contributed by atoms with Crippen molar-refractivity contribution in [3.63, 3.8) is 0 Å². The Balaban J connectivity index is 1.84. The molecular weight excluding hydrogens is 440 g/mol. The van der Waals surface area contributed by atoms with Crippen LogP contribution in [0, 0.1) is 5.92 Å². The second-order valence-corrected chi connectivity index (χ2v) is 8.13. The third kappa shape index (κ3) is 4.14. The highest BCUT2D eigenvalue weighted by Gasteiger charge is 2.27. The lowest BCUT2D eigenvalue weighted by atomic mass is 9.96. The van der Waals surface area contributed by atoms with Crippen LogP contribution in [0.3, 0.4) is 0 Å². The number of rotatable bonds is 6. The first-order chi connectivity index (χ1) is 16.3. The van der Waals surface area contributed by atoms with Gasteiger partial charge in [0.2, 0.25) is 11.8 Å². The van der Waals surface area contributed by atoms with Gasteiger partial charge < -0.3 is 20.1 Å². The van der Waals surface area contributed by atoms with Gasteiger partial charge in [0.05, 0.1) is 30.8 Å². The molecule has 0 radical (unpaired) electrons. The van der Waals surface area contributed by atoms with Crippen molar-refractivity contribution in [1.82, 2.24) is 14.0 Å². The van der Waals surface area contributed by atoms with Crippen LogP contribution in [0.1, 0.15) is 12.8 Å². The van der Waals surface area contributed by atoms with E-state index in [2.05, 4.69) is 0 Å². The topological polar surface area (TPSA) is 126 Å². The number of methoxy groups -OCH3 is 2. The zero-order valence-electron chi connectivity index (χ0n) is 19.0. The molecule has 4 rings (SSSR count). The number of likely N-dealkylation sites (tertiary alicyclic amines) is 1. The Hall–Kier alpha value is -4.08. The number of fused-ring (bicyclic) bond motifs is 1. The van der Waals surface area contributed by atoms with Gasteiger partial charge in [-0.1, -0.05) is 18.2 Å². The Morgan fingerprint density at radius 1 is 1.00 bits per heavy atom. The standard InChI is InChI=1S/C24H26N4O6/c1-33-19-12-17-18(13-20(19)34-2)27(14-21(29)26-10-8-15(9-11-26)22(25)30)24(32)28(23(17)31)16-6-4-3-5-7-16/h3-7,12-13,15H,8-11,14H2,1-2H3,(H2,25,30). The molecule has 178 valence electrons. The molecule has 10 heteroatoms. The van der Waals surface area contributed by atoms with Crippen LogP contribution in [0.25, 0.3) is 16.6 Å². The van der Waals surface area contributed by atoms with Crippen LogP contribution in [-0.2, 0) is 16.1 Å². The number of primary amides is 1. The van der Waals surface area contributed by atoms with Crippen LogP contribution in [0.4, 0.5) is 0 Å². The average molecular weight is 466 g/mol. The molecule has 0 unspecified atom stereocenters. The monoisotopic (exact) mass is 466 g/mol. The summed E-state index contributed by atoms with van der Waals surface area (Å²) in [5.74, 6) is -0.263. The second kappa shape index (κ2) is 9.42. The van der Waals surface area contributed by atoms with Gasteiger partial charge in [-0.2, -0.15) is 0 Å². The number of hydrogen-bond donors (Lipinski definition) is 1. The molecular formula is C24H26N4O6. The fraction of sp³-hybridized carbons (Fsp3) is 0.333. The number of nitrogens with zero attached hydrogens (tertiary/aromatic N) is 3. The van der Waals surface area contributed by atoms with E-state index in [1.807, 2.05) is 0 Å². The van der Waals surface area contributed by atoms with Crippen molar-refractivity contribution >= 4 is 22.7 Å². The van der Waals surface area contributed by atoms with E-state index in [1.165, 1.54) is 30.9 Å². The van der Waals surface area contributed by atoms with E-state index in [0.29, 0.717) is 43.1 Å². The van der Waals surface area contributed by atoms with Crippen molar-refractivity contribution in [3.05, 3.63) is 63.3 Å². The number of carbonyl (C=O) groups is 2. The summed E-state index contributed by atoms with van der Waals surface area (Å²) in [6.45, 7) is 0.461. The number of amides is 2. The maximum absolute atomic E-state index is 13.5. The van der Waals surface area contributed by atoms with Gasteiger partial charge >= 0.3 is 5.69 Å². The summed E-state index contributed by atoms with van der Waals surface area (Å²) >= 11 is 0. The predicted molar refractivity (Wildman–Crippen MR) is 125 cm³/mol. The zero-order chi connectivity index (χ0) is 24.4. The molecule has 1 aliphatic rings. The molecule has 2 heterocycles. The molecule has 1 aromatic heterocycles. The minimum Gasteiger partial charge on any atom is -0.493 e. The van der Waals surface area contributed by atoms with Crippen LogP contribution in [0.15, 0.2) is 52.1 Å². The van der Waals surface area contributed by atoms with E-state index in [1.54, 1.807) is 35.2 Å². The molecule has 2 N–H and O–H groups in total. The Kier molecular flexibility index (Phi) is 6.40. The normalized spacial score (nSPS) is 14.2. The van der Waals surface area contributed by atoms with Crippen molar-refractivity contribution in [1.29, 1.82) is 0 Å². The number of ether oxygens (including phenoxy) is 2. The molecule has 2 amide bonds. The first-order valence-electron chi connectivity index (χ1n) is 10.9. The Morgan fingerprint density at radius 2 is 1.62 bits per heavy atom. The number of hydrogen-bond acceptors (Lipinski definition) is 6. The molecule has 10 nitrogen and oxygen atoms in total. The summed E-state index contributed by atoms with van der Waals surface area (Å²) in [6, 6.07) is 11.6. The van der Waals surface area contributed by atoms with Gasteiger partial charge in [0.1, 0.15) is 6.54 Å². The van der Waals surface area contributed by atoms with E-state index in [-0.39, 0.29) is 35.2 Å². The van der Waals surface area contributed by atoms with E-state index in [0.717, 1.165) is 4.57 Å². The smallest absolute Gasteiger partial charge is 0.336 e. The summed E-state index contributed by atoms with van der Waals surface area (Å²) in [4.78, 5) is 53.1. The van der Waals surface area contributed by atoms with E-state index >= 15 is 0 Å². The van der Waals surface area contributed by atoms with Crippen LogP contribution < -0.4 is 26.5 Å². The lowest BCUT2D eigenvalue weighted by molar-refractivity contribution is -0.135. The largest absolute Gasteiger partial charge is 0.493 e. The molecule has 2 aromatic carbocycles. The van der Waals surface area contributed by atoms with E-state index in [4.69, 9.17) is 15.2 Å². The lowest BCUT2D eigenvalue weighted by Crippen LogP contribution is -2.46. The molecule has 1 fully saturated rings. The maximum Gasteiger partial charge on any atom is 0.336 e. The molecule has 1 aliphatic heterocycles. The number of nitrogens with two attached hydrogens (primary N) is 1. The zero-order valence-corrected chi connectivity index (χ0v) is 19.0. The quantitative estimate of drug-likeness (QED) is 0.575. The Morgan fingerprint density at radius 3 is 2.21 bits per heavy atom. The number of para-hydroxylation sites is 1. The highest BCUT2D eigenvalue weighted by atomic mass is 16.5. The van der Waals surface area contributed by atoms with Crippen molar-refractivity contribution in [2.75, 3.05) is 27.3 Å². The summed E-state index contributed by atoms with van der Waals surface area (Å²) in [5.41, 5.74) is 4.87. The molecule has 0 bridgehead atoms. The van der Waals surface area contributed by atoms with Gasteiger partial charge in [-0.05, 0) is 31.0 Å². The summed E-state index contributed by atoms with van der Waals surface area (Å²) in [5, 5.41) is 0.210. The lowest BCUT2D eigenvalue weighted by Gasteiger charge is -2.31. The fourth-order valence-electron chi connectivity index (χ4n) is 4.30. The third-order valence-corrected chi connectivity index (χ3v) is 6.21. The number of aromatic nitrogens is 2. The highest BCUT2D eigenvalue weighted by molar-refractivity contribution is 5.85. The fourth-order valence-corrected chi connectivity index (χ4v) is 4.30. The van der Waals surface area contributed by atoms with Gasteiger partial charge in [0.25, 0.3) is 5.56 Å². The van der Waals surface area contributed by atoms with Crippen LogP contribution >= 0.6 is 0 Å². The molecule has 34 heavy (non-hydrogen) atoms. The summed E-state index contributed by atoms with van der Waals surface area (Å²) in [7, 11) is 2.90. The molecule has 3 aromatic rings. The number of piperidine rings is 1. The van der Waals surface area contributed by atoms with Crippen molar-refractivity contribution < 1.29 is 19.1 Å². The van der Waals surface area contributed by atoms with E-state index < -0.39 is 11.2 Å². The van der Waals surface area contributed by atoms with Gasteiger partial charge in [0.15, 0.2) is 11.5 Å². The van der Waals surface area contributed by atoms with E-state index in [9.17, 15) is 19.2 Å². The van der Waals surface area contributed by atoms with Crippen LogP contribution in [-0.4, -0.2) is 53.2 Å². The van der Waals surface area contributed by atoms with Gasteiger partial charge in [-0.15, -0.1) is 0 Å². The highest BCUT2D eigenvalue weighted by Crippen LogP contribution is 2.30. The van der Waals surface area contributed by atoms with Gasteiger partial charge in [0, 0.05) is 25.1 Å². The molecule has 1 saturated heterocycles. The summed E-state index contributed by atoms with van der Waals surface area (Å²) < 4.78 is 13.0. The van der Waals surface area contributed by atoms with Crippen molar-refractivity contribution in [2.24, 2.45) is 11.7 Å². The Labute approximate surface area is 195 Å². The maximum atomic E-state index is 13.5. The SMILES string of the molecule is COc1cc2c(=O)n(-c3ccccc3)c(=O)n(CC(=O)N3CCC(C(N)=O)CC3)c2cc1OC. The van der Waals surface area contributed by atoms with Crippen LogP contribution in [0.2, 0.25) is 0 Å². The molecule has 0 atom stereocenters. The number of carbonyl (C=O) groups excluding carboxylic acids is 2. The predicted octanol–water partition coefficient (Wildman–Crippen LogP) is 0.894. The van der Waals surface area contributed by atoms with Crippen LogP contribution in [0.5, 0.6) is 11.5 Å². The van der Waals surface area contributed by atoms with Crippen molar-refractivity contribution in [3.8, 4) is 17.2 Å². The number of benzene rings is 2. The first kappa shape index (κ1) is 23.1. The summed E-state index contributed by atoms with van der Waals surface area (Å²) in [6.07, 6.45) is 0.955. The molecule has 0 aliphatic carbocycles. The minimum atomic E-state index is -0.642. The van der Waals surface area contributed by atoms with Crippen molar-refractivity contribution in [2.45, 2.75) is 19.4 Å². The van der Waals surface area contributed by atoms with Gasteiger partial charge in [-0.25, -0.2) is 9.36 Å². The minimum absolute atomic E-state index is 0.210. The molecule has 0 saturated carbocycles. The molecule has 0 spiro atoms. The second-order valence-electron chi connectivity index (χ2n) is 8.13.